The second-order valence-corrected chi connectivity index (χ2v) is 4.79. The van der Waals surface area contributed by atoms with Crippen molar-refractivity contribution in [2.75, 3.05) is 11.1 Å². The van der Waals surface area contributed by atoms with Gasteiger partial charge in [0.15, 0.2) is 0 Å². The van der Waals surface area contributed by atoms with Crippen LogP contribution in [0.1, 0.15) is 11.1 Å². The highest BCUT2D eigenvalue weighted by atomic mass is 15.1. The van der Waals surface area contributed by atoms with Crippen LogP contribution in [0, 0.1) is 13.8 Å². The minimum absolute atomic E-state index is 0.726. The molecule has 0 aliphatic rings. The summed E-state index contributed by atoms with van der Waals surface area (Å²) in [6, 6.07) is 11.9. The number of nitrogens with zero attached hydrogens (tertiary/aromatic N) is 1. The third kappa shape index (κ3) is 2.25. The van der Waals surface area contributed by atoms with Crippen LogP contribution in [0.2, 0.25) is 0 Å². The number of benzene rings is 2. The summed E-state index contributed by atoms with van der Waals surface area (Å²) in [4.78, 5) is 7.70. The summed E-state index contributed by atoms with van der Waals surface area (Å²) in [5, 5.41) is 3.27. The van der Waals surface area contributed by atoms with E-state index >= 15 is 0 Å². The summed E-state index contributed by atoms with van der Waals surface area (Å²) in [6.07, 6.45) is 0. The molecule has 4 heteroatoms. The Balaban J connectivity index is 1.94. The number of H-pyrrole nitrogens is 1. The molecule has 0 unspecified atom stereocenters. The molecule has 0 fully saturated rings. The van der Waals surface area contributed by atoms with Crippen molar-refractivity contribution < 1.29 is 0 Å². The molecule has 19 heavy (non-hydrogen) atoms. The van der Waals surface area contributed by atoms with Gasteiger partial charge in [-0.1, -0.05) is 6.07 Å². The first-order valence-corrected chi connectivity index (χ1v) is 6.21. The zero-order chi connectivity index (χ0) is 13.4. The number of rotatable bonds is 2. The monoisotopic (exact) mass is 252 g/mol. The normalized spacial score (nSPS) is 10.8. The second kappa shape index (κ2) is 4.31. The van der Waals surface area contributed by atoms with Gasteiger partial charge in [-0.3, -0.25) is 0 Å². The molecule has 0 aliphatic heterocycles. The number of nitrogens with one attached hydrogen (secondary N) is 2. The molecule has 0 saturated heterocycles. The molecule has 0 aliphatic carbocycles. The Kier molecular flexibility index (Phi) is 2.63. The van der Waals surface area contributed by atoms with Gasteiger partial charge in [-0.25, -0.2) is 4.98 Å². The van der Waals surface area contributed by atoms with Gasteiger partial charge in [-0.05, 0) is 55.3 Å². The van der Waals surface area contributed by atoms with Gasteiger partial charge >= 0.3 is 0 Å². The third-order valence-corrected chi connectivity index (χ3v) is 3.28. The second-order valence-electron chi connectivity index (χ2n) is 4.79. The van der Waals surface area contributed by atoms with Crippen LogP contribution in [0.3, 0.4) is 0 Å². The molecule has 0 bridgehead atoms. The first kappa shape index (κ1) is 11.6. The Labute approximate surface area is 111 Å². The fourth-order valence-electron chi connectivity index (χ4n) is 2.04. The summed E-state index contributed by atoms with van der Waals surface area (Å²) in [6.45, 7) is 4.20. The first-order chi connectivity index (χ1) is 9.11. The fourth-order valence-corrected chi connectivity index (χ4v) is 2.04. The molecular formula is C15H16N4. The molecular weight excluding hydrogens is 236 g/mol. The van der Waals surface area contributed by atoms with E-state index in [0.717, 1.165) is 28.4 Å². The van der Waals surface area contributed by atoms with Crippen LogP contribution in [0.25, 0.3) is 11.0 Å². The van der Waals surface area contributed by atoms with Crippen LogP contribution in [0.5, 0.6) is 0 Å². The predicted octanol–water partition coefficient (Wildman–Crippen LogP) is 3.51. The number of aryl methyl sites for hydroxylation is 2. The van der Waals surface area contributed by atoms with Crippen LogP contribution in [0.4, 0.5) is 17.3 Å². The van der Waals surface area contributed by atoms with E-state index in [1.54, 1.807) is 0 Å². The van der Waals surface area contributed by atoms with E-state index < -0.39 is 0 Å². The zero-order valence-corrected chi connectivity index (χ0v) is 11.0. The summed E-state index contributed by atoms with van der Waals surface area (Å²) >= 11 is 0. The number of aromatic nitrogens is 2. The standard InChI is InChI=1S/C15H16N4/c1-9-3-5-12(7-10(9)2)17-15-18-13-6-4-11(16)8-14(13)19-15/h3-8H,16H2,1-2H3,(H2,17,18,19). The Bertz CT molecular complexity index is 743. The SMILES string of the molecule is Cc1ccc(Nc2nc3ccc(N)cc3[nH]2)cc1C. The molecule has 3 aromatic rings. The van der Waals surface area contributed by atoms with Crippen LogP contribution in [-0.2, 0) is 0 Å². The maximum Gasteiger partial charge on any atom is 0.205 e. The number of hydrogen-bond donors (Lipinski definition) is 3. The van der Waals surface area contributed by atoms with Gasteiger partial charge in [0.25, 0.3) is 0 Å². The molecule has 4 nitrogen and oxygen atoms in total. The largest absolute Gasteiger partial charge is 0.399 e. The van der Waals surface area contributed by atoms with Crippen molar-refractivity contribution in [3.05, 3.63) is 47.5 Å². The van der Waals surface area contributed by atoms with E-state index in [-0.39, 0.29) is 0 Å². The van der Waals surface area contributed by atoms with E-state index in [2.05, 4.69) is 41.3 Å². The highest BCUT2D eigenvalue weighted by molar-refractivity contribution is 5.81. The lowest BCUT2D eigenvalue weighted by atomic mass is 10.1. The topological polar surface area (TPSA) is 66.7 Å². The zero-order valence-electron chi connectivity index (χ0n) is 11.0. The Morgan fingerprint density at radius 1 is 1.05 bits per heavy atom. The van der Waals surface area contributed by atoms with Crippen molar-refractivity contribution in [3.8, 4) is 0 Å². The van der Waals surface area contributed by atoms with E-state index in [1.807, 2.05) is 24.3 Å². The number of anilines is 3. The summed E-state index contributed by atoms with van der Waals surface area (Å²) < 4.78 is 0. The highest BCUT2D eigenvalue weighted by Gasteiger charge is 2.04. The van der Waals surface area contributed by atoms with Gasteiger partial charge in [0, 0.05) is 11.4 Å². The van der Waals surface area contributed by atoms with Crippen LogP contribution < -0.4 is 11.1 Å². The van der Waals surface area contributed by atoms with Crippen LogP contribution >= 0.6 is 0 Å². The average Bonchev–Trinajstić information content (AvgIpc) is 2.75. The number of hydrogen-bond acceptors (Lipinski definition) is 3. The number of aromatic amines is 1. The average molecular weight is 252 g/mol. The van der Waals surface area contributed by atoms with Crippen molar-refractivity contribution in [1.82, 2.24) is 9.97 Å². The minimum Gasteiger partial charge on any atom is -0.399 e. The molecule has 1 aromatic heterocycles. The van der Waals surface area contributed by atoms with Crippen molar-refractivity contribution >= 4 is 28.4 Å². The molecule has 2 aromatic carbocycles. The number of nitrogen functional groups attached to an aromatic ring is 1. The molecule has 4 N–H and O–H groups in total. The van der Waals surface area contributed by atoms with Crippen molar-refractivity contribution in [3.63, 3.8) is 0 Å². The fraction of sp³-hybridized carbons (Fsp3) is 0.133. The van der Waals surface area contributed by atoms with Gasteiger partial charge in [0.2, 0.25) is 5.95 Å². The van der Waals surface area contributed by atoms with E-state index in [4.69, 9.17) is 5.73 Å². The summed E-state index contributed by atoms with van der Waals surface area (Å²) in [5.74, 6) is 0.726. The van der Waals surface area contributed by atoms with Gasteiger partial charge < -0.3 is 16.0 Å². The lowest BCUT2D eigenvalue weighted by Gasteiger charge is -2.05. The molecule has 0 radical (unpaired) electrons. The quantitative estimate of drug-likeness (QED) is 0.611. The lowest BCUT2D eigenvalue weighted by molar-refractivity contribution is 1.29. The molecule has 0 saturated carbocycles. The van der Waals surface area contributed by atoms with Gasteiger partial charge in [-0.15, -0.1) is 0 Å². The van der Waals surface area contributed by atoms with E-state index in [9.17, 15) is 0 Å². The van der Waals surface area contributed by atoms with Gasteiger partial charge in [0.1, 0.15) is 0 Å². The van der Waals surface area contributed by atoms with Crippen LogP contribution in [0.15, 0.2) is 36.4 Å². The van der Waals surface area contributed by atoms with Crippen molar-refractivity contribution in [2.45, 2.75) is 13.8 Å². The van der Waals surface area contributed by atoms with E-state index in [0.29, 0.717) is 0 Å². The van der Waals surface area contributed by atoms with Crippen LogP contribution in [-0.4, -0.2) is 9.97 Å². The highest BCUT2D eigenvalue weighted by Crippen LogP contribution is 2.21. The predicted molar refractivity (Wildman–Crippen MR) is 79.7 cm³/mol. The molecule has 96 valence electrons. The number of imidazole rings is 1. The minimum atomic E-state index is 0.726. The number of nitrogens with two attached hydrogens (primary N) is 1. The molecule has 0 spiro atoms. The molecule has 3 rings (SSSR count). The maximum atomic E-state index is 5.75. The Morgan fingerprint density at radius 3 is 2.68 bits per heavy atom. The Morgan fingerprint density at radius 2 is 1.89 bits per heavy atom. The Hall–Kier alpha value is -2.49. The lowest BCUT2D eigenvalue weighted by Crippen LogP contribution is -1.93. The summed E-state index contributed by atoms with van der Waals surface area (Å²) in [7, 11) is 0. The molecule has 1 heterocycles. The van der Waals surface area contributed by atoms with Gasteiger partial charge in [-0.2, -0.15) is 0 Å². The molecule has 0 amide bonds. The number of fused-ring (bicyclic) bond motifs is 1. The maximum absolute atomic E-state index is 5.75. The van der Waals surface area contributed by atoms with Crippen molar-refractivity contribution in [1.29, 1.82) is 0 Å². The van der Waals surface area contributed by atoms with E-state index in [1.165, 1.54) is 11.1 Å². The molecule has 0 atom stereocenters. The summed E-state index contributed by atoms with van der Waals surface area (Å²) in [5.41, 5.74) is 11.9. The third-order valence-electron chi connectivity index (χ3n) is 3.28. The first-order valence-electron chi connectivity index (χ1n) is 6.21. The van der Waals surface area contributed by atoms with Gasteiger partial charge in [0.05, 0.1) is 11.0 Å². The van der Waals surface area contributed by atoms with Crippen molar-refractivity contribution in [2.24, 2.45) is 0 Å². The smallest absolute Gasteiger partial charge is 0.205 e.